The fourth-order valence-electron chi connectivity index (χ4n) is 3.80. The number of benzene rings is 2. The van der Waals surface area contributed by atoms with Gasteiger partial charge in [0.05, 0.1) is 28.6 Å². The minimum atomic E-state index is -0.170. The quantitative estimate of drug-likeness (QED) is 0.446. The van der Waals surface area contributed by atoms with Crippen LogP contribution >= 0.6 is 0 Å². The molecule has 0 spiro atoms. The van der Waals surface area contributed by atoms with Crippen LogP contribution < -0.4 is 10.1 Å². The Kier molecular flexibility index (Phi) is 5.03. The number of imidazole rings is 1. The molecule has 0 radical (unpaired) electrons. The molecular weight excluding hydrogens is 404 g/mol. The Hall–Kier alpha value is -4.20. The zero-order valence-corrected chi connectivity index (χ0v) is 17.8. The number of nitrogens with one attached hydrogen (secondary N) is 1. The van der Waals surface area contributed by atoms with Gasteiger partial charge in [-0.3, -0.25) is 9.48 Å². The first-order chi connectivity index (χ1) is 15.6. The van der Waals surface area contributed by atoms with Gasteiger partial charge in [0.2, 0.25) is 5.91 Å². The maximum atomic E-state index is 12.9. The van der Waals surface area contributed by atoms with Crippen molar-refractivity contribution >= 4 is 33.7 Å². The topological polar surface area (TPSA) is 86.9 Å². The summed E-state index contributed by atoms with van der Waals surface area (Å²) in [7, 11) is 1.85. The lowest BCUT2D eigenvalue weighted by Gasteiger charge is -2.11. The molecule has 8 heteroatoms. The van der Waals surface area contributed by atoms with Crippen molar-refractivity contribution in [1.82, 2.24) is 24.3 Å². The number of carbonyl (C=O) groups is 1. The Bertz CT molecular complexity index is 1420. The minimum Gasteiger partial charge on any atom is -0.486 e. The molecule has 3 heterocycles. The van der Waals surface area contributed by atoms with E-state index in [-0.39, 0.29) is 19.1 Å². The number of hydrogen-bond acceptors (Lipinski definition) is 5. The van der Waals surface area contributed by atoms with Crippen LogP contribution in [0.25, 0.3) is 22.1 Å². The van der Waals surface area contributed by atoms with Crippen molar-refractivity contribution in [1.29, 1.82) is 0 Å². The number of carbonyl (C=O) groups excluding carboxylic acids is 1. The van der Waals surface area contributed by atoms with Gasteiger partial charge in [0, 0.05) is 12.4 Å². The second kappa shape index (κ2) is 8.14. The normalized spacial score (nSPS) is 11.2. The molecule has 0 bridgehead atoms. The van der Waals surface area contributed by atoms with E-state index < -0.39 is 0 Å². The van der Waals surface area contributed by atoms with Crippen LogP contribution in [0.2, 0.25) is 0 Å². The molecule has 0 saturated carbocycles. The smallest absolute Gasteiger partial charge is 0.244 e. The van der Waals surface area contributed by atoms with Crippen LogP contribution in [-0.2, 0) is 25.0 Å². The van der Waals surface area contributed by atoms with E-state index in [1.807, 2.05) is 79.2 Å². The molecule has 0 unspecified atom stereocenters. The molecule has 0 saturated heterocycles. The van der Waals surface area contributed by atoms with Crippen LogP contribution in [0, 0.1) is 6.92 Å². The van der Waals surface area contributed by atoms with Gasteiger partial charge in [-0.15, -0.1) is 0 Å². The Morgan fingerprint density at radius 2 is 1.88 bits per heavy atom. The third kappa shape index (κ3) is 3.78. The number of ether oxygens (including phenoxy) is 1. The molecule has 0 aliphatic carbocycles. The number of nitrogens with zero attached hydrogens (tertiary/aromatic N) is 5. The lowest BCUT2D eigenvalue weighted by atomic mass is 10.2. The van der Waals surface area contributed by atoms with Crippen LogP contribution in [0.1, 0.15) is 11.5 Å². The number of hydrogen-bond donors (Lipinski definition) is 1. The molecular formula is C24H22N6O2. The predicted octanol–water partition coefficient (Wildman–Crippen LogP) is 3.84. The molecule has 5 aromatic rings. The molecule has 160 valence electrons. The maximum absolute atomic E-state index is 12.9. The maximum Gasteiger partial charge on any atom is 0.244 e. The van der Waals surface area contributed by atoms with Crippen LogP contribution in [0.5, 0.6) is 5.75 Å². The summed E-state index contributed by atoms with van der Waals surface area (Å²) < 4.78 is 9.50. The van der Waals surface area contributed by atoms with Gasteiger partial charge in [-0.2, -0.15) is 5.10 Å². The highest BCUT2D eigenvalue weighted by Crippen LogP contribution is 2.21. The molecule has 0 aliphatic rings. The second-order valence-corrected chi connectivity index (χ2v) is 7.56. The van der Waals surface area contributed by atoms with E-state index in [1.165, 1.54) is 0 Å². The minimum absolute atomic E-state index is 0.109. The molecule has 32 heavy (non-hydrogen) atoms. The summed E-state index contributed by atoms with van der Waals surface area (Å²) in [6.07, 6.45) is 1.65. The number of rotatable bonds is 6. The largest absolute Gasteiger partial charge is 0.486 e. The first-order valence-electron chi connectivity index (χ1n) is 10.3. The van der Waals surface area contributed by atoms with E-state index in [4.69, 9.17) is 4.74 Å². The lowest BCUT2D eigenvalue weighted by molar-refractivity contribution is -0.116. The summed E-state index contributed by atoms with van der Waals surface area (Å²) in [6, 6.07) is 19.2. The Morgan fingerprint density at radius 3 is 2.72 bits per heavy atom. The Morgan fingerprint density at radius 1 is 1.09 bits per heavy atom. The lowest BCUT2D eigenvalue weighted by Crippen LogP contribution is -2.21. The molecule has 0 aliphatic heterocycles. The fraction of sp³-hybridized carbons (Fsp3) is 0.167. The van der Waals surface area contributed by atoms with Gasteiger partial charge in [-0.05, 0) is 37.3 Å². The van der Waals surface area contributed by atoms with Crippen molar-refractivity contribution in [3.05, 3.63) is 78.4 Å². The van der Waals surface area contributed by atoms with Crippen LogP contribution in [0.4, 0.5) is 5.69 Å². The zero-order chi connectivity index (χ0) is 22.1. The van der Waals surface area contributed by atoms with Crippen molar-refractivity contribution in [2.45, 2.75) is 20.1 Å². The zero-order valence-electron chi connectivity index (χ0n) is 17.8. The van der Waals surface area contributed by atoms with Crippen molar-refractivity contribution in [2.75, 3.05) is 5.32 Å². The van der Waals surface area contributed by atoms with Gasteiger partial charge < -0.3 is 14.6 Å². The highest BCUT2D eigenvalue weighted by atomic mass is 16.5. The number of fused-ring (bicyclic) bond motifs is 2. The molecule has 0 atom stereocenters. The fourth-order valence-corrected chi connectivity index (χ4v) is 3.80. The molecule has 0 fully saturated rings. The SMILES string of the molecule is Cc1nn(C)c2ncc(NC(=O)Cn3c(COc4ccccc4)nc4ccccc43)cc12. The van der Waals surface area contributed by atoms with Crippen molar-refractivity contribution in [2.24, 2.45) is 7.05 Å². The average Bonchev–Trinajstić information content (AvgIpc) is 3.29. The van der Waals surface area contributed by atoms with E-state index in [1.54, 1.807) is 10.9 Å². The monoisotopic (exact) mass is 426 g/mol. The summed E-state index contributed by atoms with van der Waals surface area (Å²) in [5.74, 6) is 1.26. The van der Waals surface area contributed by atoms with Crippen molar-refractivity contribution < 1.29 is 9.53 Å². The summed E-state index contributed by atoms with van der Waals surface area (Å²) >= 11 is 0. The van der Waals surface area contributed by atoms with E-state index in [0.29, 0.717) is 11.5 Å². The van der Waals surface area contributed by atoms with Gasteiger partial charge in [0.15, 0.2) is 5.65 Å². The van der Waals surface area contributed by atoms with Crippen LogP contribution in [0.3, 0.4) is 0 Å². The van der Waals surface area contributed by atoms with Gasteiger partial charge in [0.1, 0.15) is 24.7 Å². The second-order valence-electron chi connectivity index (χ2n) is 7.56. The molecule has 2 aromatic carbocycles. The molecule has 5 rings (SSSR count). The number of para-hydroxylation sites is 3. The van der Waals surface area contributed by atoms with Gasteiger partial charge >= 0.3 is 0 Å². The number of pyridine rings is 1. The molecule has 1 N–H and O–H groups in total. The number of aryl methyl sites for hydroxylation is 2. The number of aromatic nitrogens is 5. The van der Waals surface area contributed by atoms with E-state index in [0.717, 1.165) is 33.5 Å². The van der Waals surface area contributed by atoms with Crippen LogP contribution in [-0.4, -0.2) is 30.2 Å². The average molecular weight is 426 g/mol. The highest BCUT2D eigenvalue weighted by Gasteiger charge is 2.15. The standard InChI is InChI=1S/C24H22N6O2/c1-16-19-12-17(13-25-24(19)29(2)28-16)26-23(31)14-30-21-11-7-6-10-20(21)27-22(30)15-32-18-8-4-3-5-9-18/h3-13H,14-15H2,1-2H3,(H,26,31). The first-order valence-corrected chi connectivity index (χ1v) is 10.3. The van der Waals surface area contributed by atoms with E-state index in [2.05, 4.69) is 20.4 Å². The van der Waals surface area contributed by atoms with Gasteiger partial charge in [0.25, 0.3) is 0 Å². The van der Waals surface area contributed by atoms with E-state index >= 15 is 0 Å². The highest BCUT2D eigenvalue weighted by molar-refractivity contribution is 5.93. The summed E-state index contributed by atoms with van der Waals surface area (Å²) in [6.45, 7) is 2.29. The predicted molar refractivity (Wildman–Crippen MR) is 122 cm³/mol. The first kappa shape index (κ1) is 19.7. The number of amides is 1. The third-order valence-electron chi connectivity index (χ3n) is 5.29. The third-order valence-corrected chi connectivity index (χ3v) is 5.29. The van der Waals surface area contributed by atoms with Gasteiger partial charge in [-0.1, -0.05) is 30.3 Å². The van der Waals surface area contributed by atoms with Crippen molar-refractivity contribution in [3.8, 4) is 5.75 Å². The Balaban J connectivity index is 1.39. The van der Waals surface area contributed by atoms with Crippen LogP contribution in [0.15, 0.2) is 66.9 Å². The van der Waals surface area contributed by atoms with Crippen molar-refractivity contribution in [3.63, 3.8) is 0 Å². The summed E-state index contributed by atoms with van der Waals surface area (Å²) in [4.78, 5) is 22.0. The molecule has 8 nitrogen and oxygen atoms in total. The molecule has 3 aromatic heterocycles. The number of anilines is 1. The Labute approximate surface area is 184 Å². The molecule has 1 amide bonds. The van der Waals surface area contributed by atoms with E-state index in [9.17, 15) is 4.79 Å². The summed E-state index contributed by atoms with van der Waals surface area (Å²) in [5, 5.41) is 8.24. The summed E-state index contributed by atoms with van der Waals surface area (Å²) in [5.41, 5.74) is 3.98. The van der Waals surface area contributed by atoms with Gasteiger partial charge in [-0.25, -0.2) is 9.97 Å².